The lowest BCUT2D eigenvalue weighted by molar-refractivity contribution is -0.138. The van der Waals surface area contributed by atoms with E-state index in [0.717, 1.165) is 23.4 Å². The highest BCUT2D eigenvalue weighted by molar-refractivity contribution is 5.79. The molecule has 4 rings (SSSR count). The fourth-order valence-electron chi connectivity index (χ4n) is 4.15. The number of benzene rings is 1. The summed E-state index contributed by atoms with van der Waals surface area (Å²) in [5.41, 5.74) is 1.80. The van der Waals surface area contributed by atoms with E-state index in [0.29, 0.717) is 56.5 Å². The molecule has 0 unspecified atom stereocenters. The van der Waals surface area contributed by atoms with Gasteiger partial charge >= 0.3 is 6.18 Å². The molecule has 0 spiro atoms. The van der Waals surface area contributed by atoms with E-state index < -0.39 is 11.7 Å². The van der Waals surface area contributed by atoms with Crippen LogP contribution in [0.15, 0.2) is 24.3 Å². The molecule has 0 bridgehead atoms. The van der Waals surface area contributed by atoms with Gasteiger partial charge in [-0.3, -0.25) is 9.89 Å². The zero-order valence-corrected chi connectivity index (χ0v) is 15.3. The Morgan fingerprint density at radius 1 is 1.21 bits per heavy atom. The number of rotatable bonds is 2. The number of fused-ring (bicyclic) bond motifs is 1. The summed E-state index contributed by atoms with van der Waals surface area (Å²) < 4.78 is 39.2. The second-order valence-corrected chi connectivity index (χ2v) is 7.62. The monoisotopic (exact) mass is 393 g/mol. The lowest BCUT2D eigenvalue weighted by atomic mass is 9.86. The quantitative estimate of drug-likeness (QED) is 0.820. The van der Waals surface area contributed by atoms with Gasteiger partial charge in [-0.25, -0.2) is 0 Å². The maximum Gasteiger partial charge on any atom is 0.416 e. The SMILES string of the molecule is O=C(C1CCC(O)CC1)N1CCc2[nH]nc(-c3cccc(C(F)(F)F)c3)c2C1. The van der Waals surface area contributed by atoms with E-state index in [9.17, 15) is 23.1 Å². The summed E-state index contributed by atoms with van der Waals surface area (Å²) in [5.74, 6) is -0.0254. The average molecular weight is 393 g/mol. The summed E-state index contributed by atoms with van der Waals surface area (Å²) in [6.07, 6.45) is -1.52. The van der Waals surface area contributed by atoms with E-state index in [4.69, 9.17) is 0 Å². The van der Waals surface area contributed by atoms with Crippen molar-refractivity contribution in [1.29, 1.82) is 0 Å². The Morgan fingerprint density at radius 3 is 2.68 bits per heavy atom. The molecule has 2 aromatic rings. The van der Waals surface area contributed by atoms with Gasteiger partial charge in [0.1, 0.15) is 0 Å². The Bertz CT molecular complexity index is 870. The highest BCUT2D eigenvalue weighted by atomic mass is 19.4. The van der Waals surface area contributed by atoms with Gasteiger partial charge < -0.3 is 10.0 Å². The van der Waals surface area contributed by atoms with Crippen molar-refractivity contribution in [3.05, 3.63) is 41.1 Å². The van der Waals surface area contributed by atoms with Gasteiger partial charge in [-0.05, 0) is 37.8 Å². The third-order valence-electron chi connectivity index (χ3n) is 5.75. The predicted molar refractivity (Wildman–Crippen MR) is 96.1 cm³/mol. The van der Waals surface area contributed by atoms with Crippen LogP contribution in [0.5, 0.6) is 0 Å². The third-order valence-corrected chi connectivity index (χ3v) is 5.75. The van der Waals surface area contributed by atoms with E-state index in [2.05, 4.69) is 10.2 Å². The minimum atomic E-state index is -4.42. The zero-order chi connectivity index (χ0) is 19.9. The number of hydrogen-bond acceptors (Lipinski definition) is 3. The van der Waals surface area contributed by atoms with Crippen molar-refractivity contribution >= 4 is 5.91 Å². The molecule has 1 aromatic carbocycles. The van der Waals surface area contributed by atoms with Crippen LogP contribution in [-0.2, 0) is 23.9 Å². The fraction of sp³-hybridized carbons (Fsp3) is 0.500. The number of aliphatic hydroxyl groups excluding tert-OH is 1. The van der Waals surface area contributed by atoms with Crippen molar-refractivity contribution < 1.29 is 23.1 Å². The molecule has 8 heteroatoms. The van der Waals surface area contributed by atoms with Crippen molar-refractivity contribution in [1.82, 2.24) is 15.1 Å². The first-order valence-corrected chi connectivity index (χ1v) is 9.53. The van der Waals surface area contributed by atoms with Crippen LogP contribution in [0.25, 0.3) is 11.3 Å². The Labute approximate surface area is 160 Å². The number of amides is 1. The van der Waals surface area contributed by atoms with E-state index in [1.165, 1.54) is 6.07 Å². The van der Waals surface area contributed by atoms with Crippen molar-refractivity contribution in [3.8, 4) is 11.3 Å². The number of aromatic amines is 1. The van der Waals surface area contributed by atoms with Crippen LogP contribution in [0.2, 0.25) is 0 Å². The molecule has 5 nitrogen and oxygen atoms in total. The molecule has 1 saturated carbocycles. The zero-order valence-electron chi connectivity index (χ0n) is 15.3. The standard InChI is InChI=1S/C20H22F3N3O2/c21-20(22,23)14-3-1-2-13(10-14)18-16-11-26(9-8-17(16)24-25-18)19(28)12-4-6-15(27)7-5-12/h1-3,10,12,15,27H,4-9,11H2,(H,24,25). The maximum atomic E-state index is 13.1. The van der Waals surface area contributed by atoms with Crippen LogP contribution in [-0.4, -0.2) is 38.8 Å². The van der Waals surface area contributed by atoms with E-state index in [-0.39, 0.29) is 17.9 Å². The molecule has 0 saturated heterocycles. The number of carbonyl (C=O) groups is 1. The summed E-state index contributed by atoms with van der Waals surface area (Å²) in [5, 5.41) is 16.8. The fourth-order valence-corrected chi connectivity index (χ4v) is 4.15. The Balaban J connectivity index is 1.57. The molecule has 2 heterocycles. The van der Waals surface area contributed by atoms with Crippen LogP contribution in [0, 0.1) is 5.92 Å². The van der Waals surface area contributed by atoms with Crippen molar-refractivity contribution in [2.45, 2.75) is 50.9 Å². The normalized spacial score (nSPS) is 22.8. The molecule has 0 radical (unpaired) electrons. The van der Waals surface area contributed by atoms with Crippen LogP contribution in [0.3, 0.4) is 0 Å². The second-order valence-electron chi connectivity index (χ2n) is 7.62. The molecule has 1 aliphatic heterocycles. The van der Waals surface area contributed by atoms with Gasteiger partial charge in [-0.1, -0.05) is 12.1 Å². The minimum Gasteiger partial charge on any atom is -0.393 e. The van der Waals surface area contributed by atoms with Gasteiger partial charge in [0.2, 0.25) is 5.91 Å². The number of aromatic nitrogens is 2. The highest BCUT2D eigenvalue weighted by Gasteiger charge is 2.33. The summed E-state index contributed by atoms with van der Waals surface area (Å²) in [4.78, 5) is 14.7. The number of carbonyl (C=O) groups excluding carboxylic acids is 1. The van der Waals surface area contributed by atoms with Gasteiger partial charge in [0, 0.05) is 42.2 Å². The van der Waals surface area contributed by atoms with Gasteiger partial charge in [0.05, 0.1) is 17.4 Å². The first-order chi connectivity index (χ1) is 13.3. The summed E-state index contributed by atoms with van der Waals surface area (Å²) >= 11 is 0. The van der Waals surface area contributed by atoms with Crippen LogP contribution < -0.4 is 0 Å². The highest BCUT2D eigenvalue weighted by Crippen LogP contribution is 2.35. The van der Waals surface area contributed by atoms with Crippen LogP contribution >= 0.6 is 0 Å². The van der Waals surface area contributed by atoms with Gasteiger partial charge in [0.15, 0.2) is 0 Å². The number of hydrogen-bond donors (Lipinski definition) is 2. The van der Waals surface area contributed by atoms with Crippen LogP contribution in [0.4, 0.5) is 13.2 Å². The van der Waals surface area contributed by atoms with Crippen molar-refractivity contribution in [2.24, 2.45) is 5.92 Å². The first-order valence-electron chi connectivity index (χ1n) is 9.53. The lowest BCUT2D eigenvalue weighted by Gasteiger charge is -2.33. The Morgan fingerprint density at radius 2 is 1.96 bits per heavy atom. The largest absolute Gasteiger partial charge is 0.416 e. The lowest BCUT2D eigenvalue weighted by Crippen LogP contribution is -2.41. The third kappa shape index (κ3) is 3.65. The molecule has 1 aliphatic carbocycles. The van der Waals surface area contributed by atoms with E-state index in [1.807, 2.05) is 0 Å². The second kappa shape index (κ2) is 7.24. The Kier molecular flexibility index (Phi) is 4.91. The van der Waals surface area contributed by atoms with E-state index in [1.54, 1.807) is 11.0 Å². The minimum absolute atomic E-state index is 0.0637. The molecule has 28 heavy (non-hydrogen) atoms. The summed E-state index contributed by atoms with van der Waals surface area (Å²) in [6.45, 7) is 0.907. The molecule has 150 valence electrons. The summed E-state index contributed by atoms with van der Waals surface area (Å²) in [7, 11) is 0. The number of aliphatic hydroxyl groups is 1. The molecular weight excluding hydrogens is 371 g/mol. The van der Waals surface area contributed by atoms with Crippen molar-refractivity contribution in [3.63, 3.8) is 0 Å². The molecule has 2 aliphatic rings. The van der Waals surface area contributed by atoms with Crippen molar-refractivity contribution in [2.75, 3.05) is 6.54 Å². The molecular formula is C20H22F3N3O2. The number of alkyl halides is 3. The smallest absolute Gasteiger partial charge is 0.393 e. The maximum absolute atomic E-state index is 13.1. The molecule has 2 N–H and O–H groups in total. The summed E-state index contributed by atoms with van der Waals surface area (Å²) in [6, 6.07) is 5.11. The molecule has 1 fully saturated rings. The Hall–Kier alpha value is -2.35. The number of nitrogens with zero attached hydrogens (tertiary/aromatic N) is 2. The molecule has 1 aromatic heterocycles. The first kappa shape index (κ1) is 19.0. The van der Waals surface area contributed by atoms with E-state index >= 15 is 0 Å². The van der Waals surface area contributed by atoms with Gasteiger partial charge in [0.25, 0.3) is 0 Å². The van der Waals surface area contributed by atoms with Gasteiger partial charge in [-0.15, -0.1) is 0 Å². The number of halogens is 3. The average Bonchev–Trinajstić information content (AvgIpc) is 3.10. The molecule has 0 atom stereocenters. The van der Waals surface area contributed by atoms with Crippen LogP contribution in [0.1, 0.15) is 42.5 Å². The molecule has 1 amide bonds. The number of H-pyrrole nitrogens is 1. The van der Waals surface area contributed by atoms with Gasteiger partial charge in [-0.2, -0.15) is 18.3 Å². The predicted octanol–water partition coefficient (Wildman–Crippen LogP) is 3.53. The number of nitrogens with one attached hydrogen (secondary N) is 1. The topological polar surface area (TPSA) is 69.2 Å².